The van der Waals surface area contributed by atoms with Gasteiger partial charge >= 0.3 is 0 Å². The molecule has 2 amide bonds. The maximum absolute atomic E-state index is 13.8. The molecule has 0 bridgehead atoms. The summed E-state index contributed by atoms with van der Waals surface area (Å²) in [7, 11) is 0. The minimum absolute atomic E-state index is 0.0803. The lowest BCUT2D eigenvalue weighted by Gasteiger charge is -2.36. The van der Waals surface area contributed by atoms with Crippen molar-refractivity contribution in [3.05, 3.63) is 75.3 Å². The van der Waals surface area contributed by atoms with Gasteiger partial charge in [-0.3, -0.25) is 14.5 Å². The number of aliphatic hydroxyl groups is 2. The Hall–Kier alpha value is -2.94. The SMILES string of the molecule is C/C(=C\c1cc(Br)ccc1O)CC[C@@H](O)C1=C(COc2ccccc2)C[C@H]2C(=O)N(C3CCCCC3)C(=O)[C@H]2[C@H]1CO. The smallest absolute Gasteiger partial charge is 0.234 e. The van der Waals surface area contributed by atoms with Crippen molar-refractivity contribution < 1.29 is 29.6 Å². The van der Waals surface area contributed by atoms with Gasteiger partial charge in [-0.1, -0.05) is 65.0 Å². The van der Waals surface area contributed by atoms with Crippen molar-refractivity contribution in [2.75, 3.05) is 13.2 Å². The molecule has 5 rings (SSSR count). The van der Waals surface area contributed by atoms with Crippen molar-refractivity contribution in [2.24, 2.45) is 17.8 Å². The highest BCUT2D eigenvalue weighted by Gasteiger charge is 2.56. The van der Waals surface area contributed by atoms with Crippen molar-refractivity contribution in [3.63, 3.8) is 0 Å². The predicted molar refractivity (Wildman–Crippen MR) is 165 cm³/mol. The molecule has 1 saturated carbocycles. The van der Waals surface area contributed by atoms with Crippen LogP contribution in [0.15, 0.2) is 69.7 Å². The molecular formula is C34H40BrNO6. The lowest BCUT2D eigenvalue weighted by Crippen LogP contribution is -2.42. The number of amides is 2. The number of imide groups is 1. The molecular weight excluding hydrogens is 598 g/mol. The van der Waals surface area contributed by atoms with Crippen molar-refractivity contribution >= 4 is 33.8 Å². The fraction of sp³-hybridized carbons (Fsp3) is 0.471. The summed E-state index contributed by atoms with van der Waals surface area (Å²) in [5.41, 5.74) is 3.05. The molecule has 1 aliphatic heterocycles. The van der Waals surface area contributed by atoms with Gasteiger partial charge in [0.2, 0.25) is 11.8 Å². The molecule has 8 heteroatoms. The lowest BCUT2D eigenvalue weighted by atomic mass is 9.68. The number of likely N-dealkylation sites (tertiary alicyclic amines) is 1. The third-order valence-electron chi connectivity index (χ3n) is 9.07. The van der Waals surface area contributed by atoms with Crippen LogP contribution in [-0.2, 0) is 9.59 Å². The average molecular weight is 639 g/mol. The van der Waals surface area contributed by atoms with E-state index in [0.717, 1.165) is 47.7 Å². The van der Waals surface area contributed by atoms with Gasteiger partial charge in [0.1, 0.15) is 18.1 Å². The molecule has 0 unspecified atom stereocenters. The van der Waals surface area contributed by atoms with Gasteiger partial charge in [-0.15, -0.1) is 0 Å². The third kappa shape index (κ3) is 6.51. The van der Waals surface area contributed by atoms with Crippen LogP contribution in [0.25, 0.3) is 6.08 Å². The number of halogens is 1. The molecule has 3 aliphatic rings. The van der Waals surface area contributed by atoms with Crippen LogP contribution >= 0.6 is 15.9 Å². The fourth-order valence-corrected chi connectivity index (χ4v) is 7.38. The molecule has 224 valence electrons. The summed E-state index contributed by atoms with van der Waals surface area (Å²) in [4.78, 5) is 29.0. The van der Waals surface area contributed by atoms with Gasteiger partial charge in [-0.25, -0.2) is 0 Å². The van der Waals surface area contributed by atoms with Crippen LogP contribution < -0.4 is 4.74 Å². The molecule has 42 heavy (non-hydrogen) atoms. The number of phenolic OH excluding ortho intramolecular Hbond substituents is 1. The minimum Gasteiger partial charge on any atom is -0.507 e. The van der Waals surface area contributed by atoms with E-state index in [9.17, 15) is 24.9 Å². The molecule has 2 aliphatic carbocycles. The van der Waals surface area contributed by atoms with Crippen LogP contribution in [0, 0.1) is 17.8 Å². The Morgan fingerprint density at radius 3 is 2.55 bits per heavy atom. The van der Waals surface area contributed by atoms with Gasteiger partial charge < -0.3 is 20.1 Å². The van der Waals surface area contributed by atoms with Crippen molar-refractivity contribution in [1.82, 2.24) is 4.90 Å². The van der Waals surface area contributed by atoms with Crippen LogP contribution in [0.1, 0.15) is 63.9 Å². The molecule has 0 spiro atoms. The second-order valence-electron chi connectivity index (χ2n) is 11.9. The van der Waals surface area contributed by atoms with E-state index in [2.05, 4.69) is 15.9 Å². The first-order valence-corrected chi connectivity index (χ1v) is 15.8. The summed E-state index contributed by atoms with van der Waals surface area (Å²) in [5, 5.41) is 32.5. The Kier molecular flexibility index (Phi) is 9.86. The van der Waals surface area contributed by atoms with Gasteiger partial charge in [-0.05, 0) is 80.5 Å². The highest BCUT2D eigenvalue weighted by molar-refractivity contribution is 9.10. The van der Waals surface area contributed by atoms with Gasteiger partial charge in [0.15, 0.2) is 0 Å². The van der Waals surface area contributed by atoms with Gasteiger partial charge in [-0.2, -0.15) is 0 Å². The number of rotatable bonds is 10. The largest absolute Gasteiger partial charge is 0.507 e. The molecule has 4 atom stereocenters. The fourth-order valence-electron chi connectivity index (χ4n) is 7.00. The molecule has 1 saturated heterocycles. The van der Waals surface area contributed by atoms with E-state index in [1.54, 1.807) is 12.1 Å². The Labute approximate surface area is 256 Å². The number of carbonyl (C=O) groups is 2. The number of aliphatic hydroxyl groups excluding tert-OH is 2. The number of benzene rings is 2. The van der Waals surface area contributed by atoms with Crippen LogP contribution in [0.2, 0.25) is 0 Å². The second-order valence-corrected chi connectivity index (χ2v) is 12.8. The van der Waals surface area contributed by atoms with Gasteiger partial charge in [0.05, 0.1) is 24.5 Å². The van der Waals surface area contributed by atoms with E-state index in [4.69, 9.17) is 4.74 Å². The Bertz CT molecular complexity index is 1350. The summed E-state index contributed by atoms with van der Waals surface area (Å²) in [6.45, 7) is 1.78. The Morgan fingerprint density at radius 1 is 1.10 bits per heavy atom. The third-order valence-corrected chi connectivity index (χ3v) is 9.57. The number of phenols is 1. The first-order valence-electron chi connectivity index (χ1n) is 15.0. The van der Waals surface area contributed by atoms with E-state index in [-0.39, 0.29) is 36.8 Å². The number of aromatic hydroxyl groups is 1. The van der Waals surface area contributed by atoms with Crippen molar-refractivity contribution in [1.29, 1.82) is 0 Å². The number of nitrogens with zero attached hydrogens (tertiary/aromatic N) is 1. The van der Waals surface area contributed by atoms with Crippen LogP contribution in [0.3, 0.4) is 0 Å². The minimum atomic E-state index is -0.927. The molecule has 0 aromatic heterocycles. The maximum atomic E-state index is 13.8. The van der Waals surface area contributed by atoms with Crippen LogP contribution in [-0.4, -0.2) is 57.4 Å². The van der Waals surface area contributed by atoms with Gasteiger partial charge in [0, 0.05) is 22.0 Å². The predicted octanol–water partition coefficient (Wildman–Crippen LogP) is 6.02. The lowest BCUT2D eigenvalue weighted by molar-refractivity contribution is -0.143. The summed E-state index contributed by atoms with van der Waals surface area (Å²) < 4.78 is 6.95. The maximum Gasteiger partial charge on any atom is 0.234 e. The number of ether oxygens (including phenoxy) is 1. The average Bonchev–Trinajstić information content (AvgIpc) is 3.25. The van der Waals surface area contributed by atoms with E-state index in [1.807, 2.05) is 49.4 Å². The number of hydrogen-bond acceptors (Lipinski definition) is 6. The van der Waals surface area contributed by atoms with E-state index < -0.39 is 23.9 Å². The summed E-state index contributed by atoms with van der Waals surface area (Å²) in [6.07, 6.45) is 6.97. The van der Waals surface area contributed by atoms with Gasteiger partial charge in [0.25, 0.3) is 0 Å². The van der Waals surface area contributed by atoms with Crippen molar-refractivity contribution in [3.8, 4) is 11.5 Å². The zero-order chi connectivity index (χ0) is 29.8. The first-order chi connectivity index (χ1) is 20.3. The number of carbonyl (C=O) groups excluding carboxylic acids is 2. The standard InChI is InChI=1S/C34H40BrNO6/c1-21(16-22-17-24(35)13-15-29(22)38)12-14-30(39)31-23(20-42-26-10-6-3-7-11-26)18-27-32(28(31)19-37)34(41)36(33(27)40)25-8-4-2-5-9-25/h3,6-7,10-11,13,15-17,25,27-28,30,32,37-39H,2,4-5,8-9,12,14,18-20H2,1H3/b21-16+/t27-,28+,30-,32-/m1/s1. The molecule has 2 fully saturated rings. The zero-order valence-electron chi connectivity index (χ0n) is 24.0. The molecule has 2 aromatic rings. The van der Waals surface area contributed by atoms with Crippen molar-refractivity contribution in [2.45, 2.75) is 70.4 Å². The Balaban J connectivity index is 1.41. The highest BCUT2D eigenvalue weighted by atomic mass is 79.9. The van der Waals surface area contributed by atoms with Crippen LogP contribution in [0.5, 0.6) is 11.5 Å². The molecule has 7 nitrogen and oxygen atoms in total. The van der Waals surface area contributed by atoms with E-state index in [0.29, 0.717) is 36.1 Å². The summed E-state index contributed by atoms with van der Waals surface area (Å²) in [6, 6.07) is 14.5. The van der Waals surface area contributed by atoms with Crippen LogP contribution in [0.4, 0.5) is 0 Å². The topological polar surface area (TPSA) is 107 Å². The zero-order valence-corrected chi connectivity index (χ0v) is 25.6. The monoisotopic (exact) mass is 637 g/mol. The highest BCUT2D eigenvalue weighted by Crippen LogP contribution is 2.47. The second kappa shape index (κ2) is 13.6. The molecule has 2 aromatic carbocycles. The Morgan fingerprint density at radius 2 is 1.83 bits per heavy atom. The molecule has 3 N–H and O–H groups in total. The molecule has 0 radical (unpaired) electrons. The number of para-hydroxylation sites is 1. The number of allylic oxidation sites excluding steroid dienone is 1. The molecule has 1 heterocycles. The quantitative estimate of drug-likeness (QED) is 0.217. The van der Waals surface area contributed by atoms with E-state index >= 15 is 0 Å². The van der Waals surface area contributed by atoms with E-state index in [1.165, 1.54) is 4.90 Å². The number of fused-ring (bicyclic) bond motifs is 1. The summed E-state index contributed by atoms with van der Waals surface area (Å²) >= 11 is 3.44. The normalized spacial score (nSPS) is 24.2. The summed E-state index contributed by atoms with van der Waals surface area (Å²) in [5.74, 6) is -1.39. The number of hydrogen-bond donors (Lipinski definition) is 3. The first kappa shape index (κ1) is 30.5.